The van der Waals surface area contributed by atoms with Crippen LogP contribution in [-0.4, -0.2) is 32.3 Å². The number of benzene rings is 1. The Balaban J connectivity index is 1.48. The predicted octanol–water partition coefficient (Wildman–Crippen LogP) is 2.08. The van der Waals surface area contributed by atoms with Gasteiger partial charge in [0.1, 0.15) is 0 Å². The third-order valence-corrected chi connectivity index (χ3v) is 4.23. The van der Waals surface area contributed by atoms with Crippen molar-refractivity contribution in [3.63, 3.8) is 0 Å². The standard InChI is InChI=1S/C17H18N6O/c1-22-10-15(19-11-22)9-18-17(24)23-5-4-13-6-12(2-3-16(13)23)14-7-20-21-8-14/h2-3,6-8,10-11H,4-5,9H2,1H3,(H,18,24)(H,20,21). The normalized spacial score (nSPS) is 13.1. The van der Waals surface area contributed by atoms with Gasteiger partial charge in [0.05, 0.1) is 24.8 Å². The van der Waals surface area contributed by atoms with Crippen LogP contribution in [0.5, 0.6) is 0 Å². The van der Waals surface area contributed by atoms with Crippen molar-refractivity contribution in [3.05, 3.63) is 54.4 Å². The molecule has 0 radical (unpaired) electrons. The van der Waals surface area contributed by atoms with E-state index in [1.54, 1.807) is 17.4 Å². The fourth-order valence-electron chi connectivity index (χ4n) is 3.02. The average molecular weight is 322 g/mol. The first-order valence-corrected chi connectivity index (χ1v) is 7.85. The number of fused-ring (bicyclic) bond motifs is 1. The summed E-state index contributed by atoms with van der Waals surface area (Å²) in [5.74, 6) is 0. The first kappa shape index (κ1) is 14.5. The Hall–Kier alpha value is -3.09. The maximum Gasteiger partial charge on any atom is 0.322 e. The van der Waals surface area contributed by atoms with Gasteiger partial charge in [-0.25, -0.2) is 9.78 Å². The topological polar surface area (TPSA) is 78.8 Å². The summed E-state index contributed by atoms with van der Waals surface area (Å²) in [6.45, 7) is 1.12. The molecule has 0 atom stereocenters. The van der Waals surface area contributed by atoms with E-state index in [9.17, 15) is 4.79 Å². The molecule has 0 bridgehead atoms. The molecule has 1 aliphatic rings. The summed E-state index contributed by atoms with van der Waals surface area (Å²) >= 11 is 0. The first-order valence-electron chi connectivity index (χ1n) is 7.85. The molecule has 1 aromatic carbocycles. The predicted molar refractivity (Wildman–Crippen MR) is 90.5 cm³/mol. The highest BCUT2D eigenvalue weighted by molar-refractivity contribution is 5.94. The number of urea groups is 1. The highest BCUT2D eigenvalue weighted by Gasteiger charge is 2.24. The van der Waals surface area contributed by atoms with Gasteiger partial charge in [0.2, 0.25) is 0 Å². The van der Waals surface area contributed by atoms with Crippen LogP contribution in [0.4, 0.5) is 10.5 Å². The van der Waals surface area contributed by atoms with Crippen LogP contribution < -0.4 is 10.2 Å². The fraction of sp³-hybridized carbons (Fsp3) is 0.235. The Bertz CT molecular complexity index is 867. The molecule has 0 fully saturated rings. The van der Waals surface area contributed by atoms with Crippen LogP contribution in [0, 0.1) is 0 Å². The van der Waals surface area contributed by atoms with Gasteiger partial charge in [-0.15, -0.1) is 0 Å². The lowest BCUT2D eigenvalue weighted by atomic mass is 10.0. The number of aromatic amines is 1. The maximum absolute atomic E-state index is 12.5. The Morgan fingerprint density at radius 1 is 1.38 bits per heavy atom. The molecular weight excluding hydrogens is 304 g/mol. The third-order valence-electron chi connectivity index (χ3n) is 4.23. The molecule has 24 heavy (non-hydrogen) atoms. The summed E-state index contributed by atoms with van der Waals surface area (Å²) in [5, 5.41) is 9.74. The summed E-state index contributed by atoms with van der Waals surface area (Å²) in [7, 11) is 1.91. The second-order valence-corrected chi connectivity index (χ2v) is 5.92. The van der Waals surface area contributed by atoms with E-state index in [1.165, 1.54) is 5.56 Å². The highest BCUT2D eigenvalue weighted by atomic mass is 16.2. The first-order chi connectivity index (χ1) is 11.7. The monoisotopic (exact) mass is 322 g/mol. The van der Waals surface area contributed by atoms with Crippen LogP contribution in [0.25, 0.3) is 11.1 Å². The smallest absolute Gasteiger partial charge is 0.322 e. The number of aryl methyl sites for hydroxylation is 1. The van der Waals surface area contributed by atoms with Crippen molar-refractivity contribution in [2.24, 2.45) is 7.05 Å². The SMILES string of the molecule is Cn1cnc(CNC(=O)N2CCc3cc(-c4cn[nH]c4)ccc32)c1. The molecule has 0 unspecified atom stereocenters. The number of aromatic nitrogens is 4. The van der Waals surface area contributed by atoms with Crippen molar-refractivity contribution < 1.29 is 4.79 Å². The molecule has 122 valence electrons. The van der Waals surface area contributed by atoms with E-state index in [2.05, 4.69) is 26.6 Å². The second-order valence-electron chi connectivity index (χ2n) is 5.92. The molecule has 7 nitrogen and oxygen atoms in total. The Morgan fingerprint density at radius 2 is 2.29 bits per heavy atom. The fourth-order valence-corrected chi connectivity index (χ4v) is 3.02. The largest absolute Gasteiger partial charge is 0.340 e. The Kier molecular flexibility index (Phi) is 3.53. The van der Waals surface area contributed by atoms with Gasteiger partial charge in [-0.05, 0) is 29.7 Å². The number of carbonyl (C=O) groups is 1. The van der Waals surface area contributed by atoms with Crippen LogP contribution in [0.15, 0.2) is 43.1 Å². The van der Waals surface area contributed by atoms with E-state index < -0.39 is 0 Å². The zero-order chi connectivity index (χ0) is 16.5. The molecule has 0 spiro atoms. The maximum atomic E-state index is 12.5. The van der Waals surface area contributed by atoms with Gasteiger partial charge >= 0.3 is 6.03 Å². The van der Waals surface area contributed by atoms with Gasteiger partial charge < -0.3 is 9.88 Å². The van der Waals surface area contributed by atoms with Crippen molar-refractivity contribution in [2.45, 2.75) is 13.0 Å². The van der Waals surface area contributed by atoms with E-state index >= 15 is 0 Å². The van der Waals surface area contributed by atoms with Gasteiger partial charge in [-0.2, -0.15) is 5.10 Å². The van der Waals surface area contributed by atoms with Crippen molar-refractivity contribution in [3.8, 4) is 11.1 Å². The summed E-state index contributed by atoms with van der Waals surface area (Å²) in [4.78, 5) is 18.5. The van der Waals surface area contributed by atoms with Crippen LogP contribution in [-0.2, 0) is 20.0 Å². The van der Waals surface area contributed by atoms with E-state index in [0.29, 0.717) is 13.1 Å². The lowest BCUT2D eigenvalue weighted by molar-refractivity contribution is 0.246. The quantitative estimate of drug-likeness (QED) is 0.775. The number of carbonyl (C=O) groups excluding carboxylic acids is 1. The van der Waals surface area contributed by atoms with Crippen LogP contribution >= 0.6 is 0 Å². The minimum Gasteiger partial charge on any atom is -0.340 e. The molecule has 2 aromatic heterocycles. The number of rotatable bonds is 3. The molecule has 1 aliphatic heterocycles. The minimum absolute atomic E-state index is 0.0875. The molecule has 0 saturated carbocycles. The summed E-state index contributed by atoms with van der Waals surface area (Å²) < 4.78 is 1.87. The van der Waals surface area contributed by atoms with E-state index in [1.807, 2.05) is 36.1 Å². The van der Waals surface area contributed by atoms with Gasteiger partial charge in [0, 0.05) is 37.2 Å². The molecule has 4 rings (SSSR count). The summed E-state index contributed by atoms with van der Waals surface area (Å²) in [5.41, 5.74) is 5.16. The Labute approximate surface area is 139 Å². The lowest BCUT2D eigenvalue weighted by Gasteiger charge is -2.18. The number of H-pyrrole nitrogens is 1. The molecule has 7 heteroatoms. The molecule has 3 heterocycles. The van der Waals surface area contributed by atoms with E-state index in [-0.39, 0.29) is 6.03 Å². The van der Waals surface area contributed by atoms with Crippen LogP contribution in [0.3, 0.4) is 0 Å². The average Bonchev–Trinajstić information content (AvgIpc) is 3.32. The number of nitrogens with one attached hydrogen (secondary N) is 2. The van der Waals surface area contributed by atoms with Gasteiger partial charge in [0.25, 0.3) is 0 Å². The number of hydrogen-bond donors (Lipinski definition) is 2. The Morgan fingerprint density at radius 3 is 3.04 bits per heavy atom. The second kappa shape index (κ2) is 5.84. The molecule has 2 amide bonds. The van der Waals surface area contributed by atoms with Crippen LogP contribution in [0.2, 0.25) is 0 Å². The van der Waals surface area contributed by atoms with Gasteiger partial charge in [-0.3, -0.25) is 10.00 Å². The number of nitrogens with zero attached hydrogens (tertiary/aromatic N) is 4. The zero-order valence-corrected chi connectivity index (χ0v) is 13.4. The van der Waals surface area contributed by atoms with E-state index in [0.717, 1.165) is 28.9 Å². The van der Waals surface area contributed by atoms with Crippen LogP contribution in [0.1, 0.15) is 11.3 Å². The number of amides is 2. The third kappa shape index (κ3) is 2.64. The molecule has 2 N–H and O–H groups in total. The van der Waals surface area contributed by atoms with Crippen molar-refractivity contribution in [1.29, 1.82) is 0 Å². The summed E-state index contributed by atoms with van der Waals surface area (Å²) in [6, 6.07) is 6.07. The molecule has 0 saturated heterocycles. The van der Waals surface area contributed by atoms with Gasteiger partial charge in [0.15, 0.2) is 0 Å². The zero-order valence-electron chi connectivity index (χ0n) is 13.4. The number of anilines is 1. The molecule has 3 aromatic rings. The number of imidazole rings is 1. The number of hydrogen-bond acceptors (Lipinski definition) is 3. The minimum atomic E-state index is -0.0875. The molecular formula is C17H18N6O. The van der Waals surface area contributed by atoms with Gasteiger partial charge in [-0.1, -0.05) is 6.07 Å². The van der Waals surface area contributed by atoms with Crippen molar-refractivity contribution >= 4 is 11.7 Å². The summed E-state index contributed by atoms with van der Waals surface area (Å²) in [6.07, 6.45) is 8.15. The van der Waals surface area contributed by atoms with Crippen molar-refractivity contribution in [1.82, 2.24) is 25.1 Å². The van der Waals surface area contributed by atoms with Crippen molar-refractivity contribution in [2.75, 3.05) is 11.4 Å². The molecule has 0 aliphatic carbocycles. The van der Waals surface area contributed by atoms with E-state index in [4.69, 9.17) is 0 Å². The lowest BCUT2D eigenvalue weighted by Crippen LogP contribution is -2.38. The highest BCUT2D eigenvalue weighted by Crippen LogP contribution is 2.32.